The number of aryl methyl sites for hydroxylation is 1. The van der Waals surface area contributed by atoms with Gasteiger partial charge in [-0.1, -0.05) is 0 Å². The van der Waals surface area contributed by atoms with E-state index in [4.69, 9.17) is 0 Å². The zero-order valence-corrected chi connectivity index (χ0v) is 8.66. The number of rotatable bonds is 1. The molecule has 2 N–H and O–H groups in total. The number of hydrogen-bond donors (Lipinski definition) is 2. The molecule has 1 aliphatic heterocycles. The maximum absolute atomic E-state index is 4.22. The van der Waals surface area contributed by atoms with Crippen LogP contribution in [0.3, 0.4) is 0 Å². The predicted octanol–water partition coefficient (Wildman–Crippen LogP) is 1.61. The molecule has 0 aromatic carbocycles. The average Bonchev–Trinajstić information content (AvgIpc) is 2.53. The van der Waals surface area contributed by atoms with Crippen LogP contribution in [0, 0.1) is 6.92 Å². The van der Waals surface area contributed by atoms with Crippen LogP contribution in [-0.2, 0) is 0 Å². The van der Waals surface area contributed by atoms with Crippen LogP contribution in [0.1, 0.15) is 30.1 Å². The van der Waals surface area contributed by atoms with E-state index in [9.17, 15) is 0 Å². The summed E-state index contributed by atoms with van der Waals surface area (Å²) in [6.07, 6.45) is 4.28. The zero-order chi connectivity index (χ0) is 8.39. The fraction of sp³-hybridized carbons (Fsp3) is 0.667. The van der Waals surface area contributed by atoms with E-state index in [2.05, 4.69) is 22.2 Å². The van der Waals surface area contributed by atoms with E-state index < -0.39 is 0 Å². The molecule has 13 heavy (non-hydrogen) atoms. The molecule has 0 bridgehead atoms. The fourth-order valence-electron chi connectivity index (χ4n) is 1.90. The summed E-state index contributed by atoms with van der Waals surface area (Å²) in [5, 5.41) is 3.36. The molecule has 0 saturated carbocycles. The van der Waals surface area contributed by atoms with Gasteiger partial charge in [0.15, 0.2) is 0 Å². The Morgan fingerprint density at radius 3 is 2.62 bits per heavy atom. The quantitative estimate of drug-likeness (QED) is 0.725. The highest BCUT2D eigenvalue weighted by Crippen LogP contribution is 2.24. The number of nitrogens with zero attached hydrogens (tertiary/aromatic N) is 1. The van der Waals surface area contributed by atoms with Crippen molar-refractivity contribution in [2.45, 2.75) is 25.7 Å². The Labute approximate surface area is 84.7 Å². The largest absolute Gasteiger partial charge is 0.348 e. The molecular weight excluding hydrogens is 186 g/mol. The highest BCUT2D eigenvalue weighted by Gasteiger charge is 2.17. The third kappa shape index (κ3) is 2.23. The van der Waals surface area contributed by atoms with Gasteiger partial charge in [-0.2, -0.15) is 0 Å². The first-order valence-corrected chi connectivity index (χ1v) is 4.58. The molecule has 1 aromatic rings. The molecule has 74 valence electrons. The van der Waals surface area contributed by atoms with Crippen molar-refractivity contribution in [3.8, 4) is 0 Å². The molecule has 1 aliphatic rings. The molecule has 2 rings (SSSR count). The van der Waals surface area contributed by atoms with Gasteiger partial charge < -0.3 is 10.3 Å². The zero-order valence-electron chi connectivity index (χ0n) is 7.84. The van der Waals surface area contributed by atoms with Crippen LogP contribution in [0.2, 0.25) is 0 Å². The number of piperidine rings is 1. The van der Waals surface area contributed by atoms with Gasteiger partial charge in [-0.3, -0.25) is 0 Å². The number of H-pyrrole nitrogens is 1. The summed E-state index contributed by atoms with van der Waals surface area (Å²) < 4.78 is 0. The molecule has 4 heteroatoms. The summed E-state index contributed by atoms with van der Waals surface area (Å²) in [6.45, 7) is 4.36. The van der Waals surface area contributed by atoms with Gasteiger partial charge in [-0.15, -0.1) is 12.4 Å². The summed E-state index contributed by atoms with van der Waals surface area (Å²) in [6, 6.07) is 0. The first-order chi connectivity index (χ1) is 5.88. The van der Waals surface area contributed by atoms with Gasteiger partial charge in [-0.05, 0) is 32.9 Å². The molecule has 0 aliphatic carbocycles. The summed E-state index contributed by atoms with van der Waals surface area (Å²) in [7, 11) is 0. The van der Waals surface area contributed by atoms with Gasteiger partial charge in [-0.25, -0.2) is 4.98 Å². The second kappa shape index (κ2) is 4.63. The van der Waals surface area contributed by atoms with Crippen molar-refractivity contribution >= 4 is 12.4 Å². The third-order valence-corrected chi connectivity index (χ3v) is 2.62. The van der Waals surface area contributed by atoms with E-state index in [1.165, 1.54) is 24.2 Å². The predicted molar refractivity (Wildman–Crippen MR) is 55.4 cm³/mol. The highest BCUT2D eigenvalue weighted by atomic mass is 35.5. The molecule has 0 radical (unpaired) electrons. The van der Waals surface area contributed by atoms with Gasteiger partial charge in [0.25, 0.3) is 0 Å². The molecule has 1 aromatic heterocycles. The lowest BCUT2D eigenvalue weighted by Crippen LogP contribution is -2.27. The van der Waals surface area contributed by atoms with Crippen molar-refractivity contribution < 1.29 is 0 Å². The van der Waals surface area contributed by atoms with E-state index in [1.54, 1.807) is 6.33 Å². The molecule has 1 saturated heterocycles. The maximum atomic E-state index is 4.22. The monoisotopic (exact) mass is 201 g/mol. The van der Waals surface area contributed by atoms with E-state index in [0.717, 1.165) is 13.1 Å². The number of aromatic amines is 1. The van der Waals surface area contributed by atoms with Crippen LogP contribution in [0.5, 0.6) is 0 Å². The summed E-state index contributed by atoms with van der Waals surface area (Å²) in [4.78, 5) is 7.45. The molecule has 1 fully saturated rings. The van der Waals surface area contributed by atoms with Crippen molar-refractivity contribution in [3.63, 3.8) is 0 Å². The molecule has 0 atom stereocenters. The van der Waals surface area contributed by atoms with Crippen molar-refractivity contribution in [2.24, 2.45) is 0 Å². The Morgan fingerprint density at radius 2 is 2.08 bits per heavy atom. The summed E-state index contributed by atoms with van der Waals surface area (Å²) in [5.74, 6) is 0.703. The number of nitrogens with one attached hydrogen (secondary N) is 2. The molecule has 0 unspecified atom stereocenters. The van der Waals surface area contributed by atoms with E-state index in [0.29, 0.717) is 5.92 Å². The van der Waals surface area contributed by atoms with Crippen molar-refractivity contribution in [3.05, 3.63) is 17.7 Å². The Kier molecular flexibility index (Phi) is 3.75. The topological polar surface area (TPSA) is 40.7 Å². The second-order valence-electron chi connectivity index (χ2n) is 3.43. The van der Waals surface area contributed by atoms with E-state index in [1.807, 2.05) is 0 Å². The van der Waals surface area contributed by atoms with E-state index >= 15 is 0 Å². The van der Waals surface area contributed by atoms with Gasteiger partial charge in [0.05, 0.1) is 12.0 Å². The average molecular weight is 202 g/mol. The fourth-order valence-corrected chi connectivity index (χ4v) is 1.90. The van der Waals surface area contributed by atoms with Gasteiger partial charge >= 0.3 is 0 Å². The summed E-state index contributed by atoms with van der Waals surface area (Å²) >= 11 is 0. The standard InChI is InChI=1S/C9H15N3.ClH/c1-7-9(12-6-11-7)8-2-4-10-5-3-8;/h6,8,10H,2-5H2,1H3,(H,11,12);1H. The van der Waals surface area contributed by atoms with E-state index in [-0.39, 0.29) is 12.4 Å². The minimum absolute atomic E-state index is 0. The number of halogens is 1. The SMILES string of the molecule is Cc1nc[nH]c1C1CCNCC1.Cl. The van der Waals surface area contributed by atoms with Gasteiger partial charge in [0, 0.05) is 11.6 Å². The van der Waals surface area contributed by atoms with Crippen LogP contribution in [0.4, 0.5) is 0 Å². The second-order valence-corrected chi connectivity index (χ2v) is 3.43. The molecule has 3 nitrogen and oxygen atoms in total. The Balaban J connectivity index is 0.000000845. The minimum atomic E-state index is 0. The van der Waals surface area contributed by atoms with Crippen LogP contribution >= 0.6 is 12.4 Å². The van der Waals surface area contributed by atoms with Crippen LogP contribution in [-0.4, -0.2) is 23.1 Å². The number of hydrogen-bond acceptors (Lipinski definition) is 2. The highest BCUT2D eigenvalue weighted by molar-refractivity contribution is 5.85. The Morgan fingerprint density at radius 1 is 1.38 bits per heavy atom. The molecular formula is C9H16ClN3. The van der Waals surface area contributed by atoms with Crippen LogP contribution in [0.15, 0.2) is 6.33 Å². The van der Waals surface area contributed by atoms with Crippen LogP contribution in [0.25, 0.3) is 0 Å². The Bertz CT molecular complexity index is 253. The van der Waals surface area contributed by atoms with Crippen molar-refractivity contribution in [1.82, 2.24) is 15.3 Å². The smallest absolute Gasteiger partial charge is 0.0925 e. The third-order valence-electron chi connectivity index (χ3n) is 2.62. The normalized spacial score (nSPS) is 18.2. The Hall–Kier alpha value is -0.540. The first-order valence-electron chi connectivity index (χ1n) is 4.58. The van der Waals surface area contributed by atoms with Crippen molar-refractivity contribution in [2.75, 3.05) is 13.1 Å². The number of aromatic nitrogens is 2. The first kappa shape index (κ1) is 10.5. The molecule has 0 amide bonds. The number of imidazole rings is 1. The van der Waals surface area contributed by atoms with Crippen LogP contribution < -0.4 is 5.32 Å². The van der Waals surface area contributed by atoms with Gasteiger partial charge in [0.1, 0.15) is 0 Å². The maximum Gasteiger partial charge on any atom is 0.0925 e. The molecule has 0 spiro atoms. The minimum Gasteiger partial charge on any atom is -0.348 e. The lowest BCUT2D eigenvalue weighted by Gasteiger charge is -2.21. The lowest BCUT2D eigenvalue weighted by molar-refractivity contribution is 0.453. The summed E-state index contributed by atoms with van der Waals surface area (Å²) in [5.41, 5.74) is 2.51. The molecule has 2 heterocycles. The lowest BCUT2D eigenvalue weighted by atomic mass is 9.94. The van der Waals surface area contributed by atoms with Gasteiger partial charge in [0.2, 0.25) is 0 Å². The van der Waals surface area contributed by atoms with Crippen molar-refractivity contribution in [1.29, 1.82) is 0 Å².